The van der Waals surface area contributed by atoms with E-state index in [1.54, 1.807) is 0 Å². The molecule has 0 atom stereocenters. The molecule has 90 valence electrons. The van der Waals surface area contributed by atoms with Crippen molar-refractivity contribution in [2.75, 3.05) is 26.2 Å². The fraction of sp³-hybridized carbons (Fsp3) is 0.833. The first-order valence-electron chi connectivity index (χ1n) is 6.33. The summed E-state index contributed by atoms with van der Waals surface area (Å²) in [6.07, 6.45) is 5.53. The summed E-state index contributed by atoms with van der Waals surface area (Å²) >= 11 is 0. The van der Waals surface area contributed by atoms with Crippen LogP contribution in [0.2, 0.25) is 0 Å². The quantitative estimate of drug-likeness (QED) is 0.654. The van der Waals surface area contributed by atoms with Gasteiger partial charge in [-0.05, 0) is 25.7 Å². The Kier molecular flexibility index (Phi) is 3.80. The molecule has 0 spiro atoms. The predicted octanol–water partition coefficient (Wildman–Crippen LogP) is 1.01. The van der Waals surface area contributed by atoms with E-state index in [-0.39, 0.29) is 0 Å². The molecule has 0 bridgehead atoms. The molecule has 2 fully saturated rings. The van der Waals surface area contributed by atoms with E-state index >= 15 is 0 Å². The Morgan fingerprint density at radius 3 is 1.56 bits per heavy atom. The van der Waals surface area contributed by atoms with Gasteiger partial charge in [-0.3, -0.25) is 9.59 Å². The van der Waals surface area contributed by atoms with Gasteiger partial charge in [0.25, 0.3) is 0 Å². The third-order valence-corrected chi connectivity index (χ3v) is 3.45. The Morgan fingerprint density at radius 2 is 1.25 bits per heavy atom. The lowest BCUT2D eigenvalue weighted by molar-refractivity contribution is -0.129. The van der Waals surface area contributed by atoms with Crippen molar-refractivity contribution in [3.05, 3.63) is 0 Å². The standard InChI is InChI=1S/C12H20N2O2/c15-11-5-3-9-13(11)7-1-2-8-14-10-4-6-12(14)16/h1-10H2. The zero-order valence-corrected chi connectivity index (χ0v) is 9.78. The zero-order chi connectivity index (χ0) is 11.4. The van der Waals surface area contributed by atoms with E-state index in [4.69, 9.17) is 0 Å². The number of likely N-dealkylation sites (tertiary alicyclic amines) is 2. The molecule has 16 heavy (non-hydrogen) atoms. The molecule has 2 aliphatic rings. The van der Waals surface area contributed by atoms with Crippen LogP contribution in [0.5, 0.6) is 0 Å². The topological polar surface area (TPSA) is 40.6 Å². The molecule has 0 radical (unpaired) electrons. The van der Waals surface area contributed by atoms with Gasteiger partial charge in [0.2, 0.25) is 11.8 Å². The Balaban J connectivity index is 1.58. The molecule has 0 N–H and O–H groups in total. The van der Waals surface area contributed by atoms with Crippen LogP contribution in [0.4, 0.5) is 0 Å². The molecule has 0 aliphatic carbocycles. The highest BCUT2D eigenvalue weighted by Crippen LogP contribution is 2.13. The van der Waals surface area contributed by atoms with Crippen LogP contribution in [-0.4, -0.2) is 47.8 Å². The summed E-state index contributed by atoms with van der Waals surface area (Å²) in [6, 6.07) is 0. The van der Waals surface area contributed by atoms with Gasteiger partial charge in [0.15, 0.2) is 0 Å². The monoisotopic (exact) mass is 224 g/mol. The van der Waals surface area contributed by atoms with Crippen LogP contribution in [0, 0.1) is 0 Å². The van der Waals surface area contributed by atoms with Gasteiger partial charge in [-0.1, -0.05) is 0 Å². The summed E-state index contributed by atoms with van der Waals surface area (Å²) in [7, 11) is 0. The average Bonchev–Trinajstić information content (AvgIpc) is 2.84. The molecule has 0 aromatic carbocycles. The van der Waals surface area contributed by atoms with E-state index in [0.717, 1.165) is 64.7 Å². The molecule has 2 heterocycles. The summed E-state index contributed by atoms with van der Waals surface area (Å²) in [5.74, 6) is 0.606. The summed E-state index contributed by atoms with van der Waals surface area (Å²) < 4.78 is 0. The molecule has 2 saturated heterocycles. The third-order valence-electron chi connectivity index (χ3n) is 3.45. The van der Waals surface area contributed by atoms with Crippen molar-refractivity contribution >= 4 is 11.8 Å². The van der Waals surface area contributed by atoms with Crippen LogP contribution in [0.25, 0.3) is 0 Å². The van der Waals surface area contributed by atoms with Gasteiger partial charge in [0.05, 0.1) is 0 Å². The van der Waals surface area contributed by atoms with Crippen molar-refractivity contribution < 1.29 is 9.59 Å². The first-order chi connectivity index (χ1) is 7.77. The summed E-state index contributed by atoms with van der Waals surface area (Å²) in [5.41, 5.74) is 0. The fourth-order valence-electron chi connectivity index (χ4n) is 2.49. The summed E-state index contributed by atoms with van der Waals surface area (Å²) in [6.45, 7) is 3.62. The number of unbranched alkanes of at least 4 members (excludes halogenated alkanes) is 1. The number of rotatable bonds is 5. The number of nitrogens with zero attached hydrogens (tertiary/aromatic N) is 2. The Morgan fingerprint density at radius 1 is 0.812 bits per heavy atom. The molecule has 2 amide bonds. The van der Waals surface area contributed by atoms with E-state index < -0.39 is 0 Å². The first-order valence-corrected chi connectivity index (χ1v) is 6.33. The minimum atomic E-state index is 0.303. The number of amides is 2. The molecule has 2 rings (SSSR count). The van der Waals surface area contributed by atoms with Gasteiger partial charge < -0.3 is 9.80 Å². The third kappa shape index (κ3) is 2.74. The number of hydrogen-bond donors (Lipinski definition) is 0. The van der Waals surface area contributed by atoms with Gasteiger partial charge in [0.1, 0.15) is 0 Å². The molecule has 0 unspecified atom stereocenters. The van der Waals surface area contributed by atoms with Crippen molar-refractivity contribution in [3.63, 3.8) is 0 Å². The van der Waals surface area contributed by atoms with Crippen molar-refractivity contribution in [1.82, 2.24) is 9.80 Å². The molecule has 0 saturated carbocycles. The Labute approximate surface area is 96.6 Å². The fourth-order valence-corrected chi connectivity index (χ4v) is 2.49. The molecule has 4 heteroatoms. The SMILES string of the molecule is O=C1CCCN1CCCCN1CCCC1=O. The van der Waals surface area contributed by atoms with Crippen molar-refractivity contribution in [3.8, 4) is 0 Å². The van der Waals surface area contributed by atoms with Crippen molar-refractivity contribution in [2.45, 2.75) is 38.5 Å². The molecule has 0 aromatic heterocycles. The van der Waals surface area contributed by atoms with E-state index in [0.29, 0.717) is 11.8 Å². The number of carbonyl (C=O) groups excluding carboxylic acids is 2. The molecule has 2 aliphatic heterocycles. The van der Waals surface area contributed by atoms with E-state index in [9.17, 15) is 9.59 Å². The van der Waals surface area contributed by atoms with Gasteiger partial charge >= 0.3 is 0 Å². The lowest BCUT2D eigenvalue weighted by Crippen LogP contribution is -2.28. The van der Waals surface area contributed by atoms with Gasteiger partial charge in [-0.2, -0.15) is 0 Å². The maximum Gasteiger partial charge on any atom is 0.222 e. The molecule has 0 aromatic rings. The Hall–Kier alpha value is -1.06. The Bertz CT molecular complexity index is 250. The summed E-state index contributed by atoms with van der Waals surface area (Å²) in [5, 5.41) is 0. The van der Waals surface area contributed by atoms with Gasteiger partial charge in [-0.25, -0.2) is 0 Å². The lowest BCUT2D eigenvalue weighted by Gasteiger charge is -2.18. The van der Waals surface area contributed by atoms with Crippen LogP contribution in [0.15, 0.2) is 0 Å². The maximum atomic E-state index is 11.3. The predicted molar refractivity (Wildman–Crippen MR) is 60.9 cm³/mol. The second kappa shape index (κ2) is 5.32. The molecular weight excluding hydrogens is 204 g/mol. The smallest absolute Gasteiger partial charge is 0.222 e. The molecule has 4 nitrogen and oxygen atoms in total. The maximum absolute atomic E-state index is 11.3. The lowest BCUT2D eigenvalue weighted by atomic mass is 10.3. The summed E-state index contributed by atoms with van der Waals surface area (Å²) in [4.78, 5) is 26.6. The number of carbonyl (C=O) groups is 2. The second-order valence-corrected chi connectivity index (χ2v) is 4.68. The molecular formula is C12H20N2O2. The van der Waals surface area contributed by atoms with Crippen LogP contribution in [0.1, 0.15) is 38.5 Å². The van der Waals surface area contributed by atoms with Crippen molar-refractivity contribution in [2.24, 2.45) is 0 Å². The van der Waals surface area contributed by atoms with E-state index in [1.165, 1.54) is 0 Å². The van der Waals surface area contributed by atoms with Gasteiger partial charge in [0, 0.05) is 39.0 Å². The highest BCUT2D eigenvalue weighted by molar-refractivity contribution is 5.78. The second-order valence-electron chi connectivity index (χ2n) is 4.68. The average molecular weight is 224 g/mol. The normalized spacial score (nSPS) is 21.2. The first kappa shape index (κ1) is 11.4. The van der Waals surface area contributed by atoms with E-state index in [2.05, 4.69) is 0 Å². The van der Waals surface area contributed by atoms with E-state index in [1.807, 2.05) is 9.80 Å². The highest BCUT2D eigenvalue weighted by atomic mass is 16.2. The van der Waals surface area contributed by atoms with Crippen LogP contribution in [-0.2, 0) is 9.59 Å². The zero-order valence-electron chi connectivity index (χ0n) is 9.78. The number of hydrogen-bond acceptors (Lipinski definition) is 2. The van der Waals surface area contributed by atoms with Crippen LogP contribution in [0.3, 0.4) is 0 Å². The highest BCUT2D eigenvalue weighted by Gasteiger charge is 2.21. The van der Waals surface area contributed by atoms with Crippen LogP contribution < -0.4 is 0 Å². The van der Waals surface area contributed by atoms with Gasteiger partial charge in [-0.15, -0.1) is 0 Å². The minimum Gasteiger partial charge on any atom is -0.343 e. The van der Waals surface area contributed by atoms with Crippen LogP contribution >= 0.6 is 0 Å². The minimum absolute atomic E-state index is 0.303. The van der Waals surface area contributed by atoms with Crippen molar-refractivity contribution in [1.29, 1.82) is 0 Å². The largest absolute Gasteiger partial charge is 0.343 e.